The minimum Gasteiger partial charge on any atom is -0.480 e. The molecule has 4 aromatic carbocycles. The smallest absolute Gasteiger partial charge is 0.326 e. The molecule has 0 bridgehead atoms. The Hall–Kier alpha value is -5.04. The monoisotopic (exact) mass is 618 g/mol. The standard InChI is InChI=1S/C39H42N2O5/c1-3-4-5-6-7-11-20-36(42)41(2)34-19-13-16-31(27-34)29-23-21-28(22-24-29)25-35(39(45)46)40-38(44)33-18-12-17-32(26-33)37(43)30-14-9-8-10-15-30/h8-10,12-19,21-24,26-27,35H,3-7,11,20,25H2,1-2H3,(H,40,44)(H,45,46)/t35-/m0/s1. The van der Waals surface area contributed by atoms with Gasteiger partial charge in [-0.2, -0.15) is 0 Å². The van der Waals surface area contributed by atoms with E-state index in [1.165, 1.54) is 31.7 Å². The van der Waals surface area contributed by atoms with E-state index < -0.39 is 17.9 Å². The molecule has 46 heavy (non-hydrogen) atoms. The fraction of sp³-hybridized carbons (Fsp3) is 0.282. The highest BCUT2D eigenvalue weighted by atomic mass is 16.4. The molecule has 2 amide bonds. The Morgan fingerprint density at radius 1 is 0.696 bits per heavy atom. The van der Waals surface area contributed by atoms with E-state index in [-0.39, 0.29) is 23.7 Å². The number of carbonyl (C=O) groups excluding carboxylic acids is 3. The van der Waals surface area contributed by atoms with Crippen LogP contribution >= 0.6 is 0 Å². The summed E-state index contributed by atoms with van der Waals surface area (Å²) in [5.41, 5.74) is 4.49. The minimum atomic E-state index is -1.17. The van der Waals surface area contributed by atoms with Crippen LogP contribution in [0.25, 0.3) is 11.1 Å². The SMILES string of the molecule is CCCCCCCCC(=O)N(C)c1cccc(-c2ccc(C[C@H](NC(=O)c3cccc(C(=O)c4ccccc4)c3)C(=O)O)cc2)c1. The van der Waals surface area contributed by atoms with E-state index in [2.05, 4.69) is 12.2 Å². The van der Waals surface area contributed by atoms with Crippen molar-refractivity contribution in [3.8, 4) is 11.1 Å². The van der Waals surface area contributed by atoms with Gasteiger partial charge in [-0.15, -0.1) is 0 Å². The number of carboxylic acids is 1. The first-order chi connectivity index (χ1) is 22.3. The third kappa shape index (κ3) is 9.48. The molecule has 0 heterocycles. The van der Waals surface area contributed by atoms with E-state index in [1.807, 2.05) is 54.6 Å². The van der Waals surface area contributed by atoms with Crippen molar-refractivity contribution >= 4 is 29.3 Å². The number of hydrogen-bond acceptors (Lipinski definition) is 4. The van der Waals surface area contributed by atoms with Crippen molar-refractivity contribution in [2.75, 3.05) is 11.9 Å². The lowest BCUT2D eigenvalue weighted by Crippen LogP contribution is -2.42. The van der Waals surface area contributed by atoms with Gasteiger partial charge in [0.1, 0.15) is 6.04 Å². The van der Waals surface area contributed by atoms with Crippen molar-refractivity contribution < 1.29 is 24.3 Å². The predicted molar refractivity (Wildman–Crippen MR) is 182 cm³/mol. The van der Waals surface area contributed by atoms with Crippen LogP contribution in [0, 0.1) is 0 Å². The number of hydrogen-bond donors (Lipinski definition) is 2. The Balaban J connectivity index is 1.37. The van der Waals surface area contributed by atoms with Crippen LogP contribution < -0.4 is 10.2 Å². The Morgan fingerprint density at radius 2 is 1.35 bits per heavy atom. The molecule has 0 unspecified atom stereocenters. The van der Waals surface area contributed by atoms with Gasteiger partial charge in [0.15, 0.2) is 5.78 Å². The number of nitrogens with zero attached hydrogens (tertiary/aromatic N) is 1. The third-order valence-electron chi connectivity index (χ3n) is 8.11. The zero-order valence-electron chi connectivity index (χ0n) is 26.6. The van der Waals surface area contributed by atoms with Crippen molar-refractivity contribution in [3.05, 3.63) is 125 Å². The fourth-order valence-electron chi connectivity index (χ4n) is 5.33. The summed E-state index contributed by atoms with van der Waals surface area (Å²) in [7, 11) is 1.80. The number of benzene rings is 4. The summed E-state index contributed by atoms with van der Waals surface area (Å²) < 4.78 is 0. The molecule has 0 saturated carbocycles. The van der Waals surface area contributed by atoms with Crippen LogP contribution in [0.3, 0.4) is 0 Å². The van der Waals surface area contributed by atoms with Crippen LogP contribution in [0.2, 0.25) is 0 Å². The van der Waals surface area contributed by atoms with Crippen molar-refractivity contribution in [2.45, 2.75) is 64.3 Å². The lowest BCUT2D eigenvalue weighted by Gasteiger charge is -2.18. The molecule has 0 spiro atoms. The second-order valence-electron chi connectivity index (χ2n) is 11.6. The molecule has 0 saturated heterocycles. The number of carbonyl (C=O) groups is 4. The largest absolute Gasteiger partial charge is 0.480 e. The van der Waals surface area contributed by atoms with E-state index in [9.17, 15) is 24.3 Å². The van der Waals surface area contributed by atoms with Gasteiger partial charge in [-0.25, -0.2) is 4.79 Å². The van der Waals surface area contributed by atoms with Gasteiger partial charge in [0.2, 0.25) is 5.91 Å². The van der Waals surface area contributed by atoms with Gasteiger partial charge in [0.05, 0.1) is 0 Å². The van der Waals surface area contributed by atoms with Gasteiger partial charge in [-0.1, -0.05) is 118 Å². The second-order valence-corrected chi connectivity index (χ2v) is 11.6. The molecule has 0 aliphatic rings. The van der Waals surface area contributed by atoms with Crippen LogP contribution in [-0.4, -0.2) is 41.8 Å². The number of aliphatic carboxylic acids is 1. The number of ketones is 1. The maximum absolute atomic E-state index is 13.0. The topological polar surface area (TPSA) is 104 Å². The average molecular weight is 619 g/mol. The molecule has 0 aromatic heterocycles. The molecule has 7 heteroatoms. The maximum atomic E-state index is 13.0. The molecular formula is C39H42N2O5. The Labute approximate surface area is 271 Å². The molecule has 1 atom stereocenters. The molecule has 2 N–H and O–H groups in total. The predicted octanol–water partition coefficient (Wildman–Crippen LogP) is 7.72. The van der Waals surface area contributed by atoms with E-state index in [1.54, 1.807) is 54.4 Å². The number of anilines is 1. The zero-order valence-corrected chi connectivity index (χ0v) is 26.6. The Bertz CT molecular complexity index is 1630. The molecule has 0 aliphatic carbocycles. The molecular weight excluding hydrogens is 576 g/mol. The molecule has 7 nitrogen and oxygen atoms in total. The van der Waals surface area contributed by atoms with E-state index >= 15 is 0 Å². The summed E-state index contributed by atoms with van der Waals surface area (Å²) in [4.78, 5) is 52.5. The minimum absolute atomic E-state index is 0.0830. The number of unbranched alkanes of at least 4 members (excludes halogenated alkanes) is 5. The highest BCUT2D eigenvalue weighted by Crippen LogP contribution is 2.26. The fourth-order valence-corrected chi connectivity index (χ4v) is 5.33. The molecule has 0 fully saturated rings. The lowest BCUT2D eigenvalue weighted by atomic mass is 9.99. The van der Waals surface area contributed by atoms with Crippen LogP contribution in [-0.2, 0) is 16.0 Å². The van der Waals surface area contributed by atoms with Gasteiger partial charge < -0.3 is 15.3 Å². The number of carboxylic acid groups (broad SMARTS) is 1. The van der Waals surface area contributed by atoms with Crippen LogP contribution in [0.5, 0.6) is 0 Å². The lowest BCUT2D eigenvalue weighted by molar-refractivity contribution is -0.139. The second kappa shape index (κ2) is 16.9. The van der Waals surface area contributed by atoms with Crippen LogP contribution in [0.4, 0.5) is 5.69 Å². The molecule has 0 aliphatic heterocycles. The number of amides is 2. The van der Waals surface area contributed by atoms with Crippen molar-refractivity contribution in [1.82, 2.24) is 5.32 Å². The quantitative estimate of drug-likeness (QED) is 0.0988. The van der Waals surface area contributed by atoms with Crippen LogP contribution in [0.15, 0.2) is 103 Å². The van der Waals surface area contributed by atoms with Crippen molar-refractivity contribution in [3.63, 3.8) is 0 Å². The summed E-state index contributed by atoms with van der Waals surface area (Å²) in [6.45, 7) is 2.19. The maximum Gasteiger partial charge on any atom is 0.326 e. The van der Waals surface area contributed by atoms with Crippen LogP contribution in [0.1, 0.15) is 83.7 Å². The molecule has 4 aromatic rings. The molecule has 238 valence electrons. The van der Waals surface area contributed by atoms with Gasteiger partial charge in [0.25, 0.3) is 5.91 Å². The zero-order chi connectivity index (χ0) is 32.9. The average Bonchev–Trinajstić information content (AvgIpc) is 3.09. The molecule has 4 rings (SSSR count). The van der Waals surface area contributed by atoms with E-state index in [0.29, 0.717) is 17.5 Å². The highest BCUT2D eigenvalue weighted by Gasteiger charge is 2.22. The van der Waals surface area contributed by atoms with Crippen molar-refractivity contribution in [2.24, 2.45) is 0 Å². The van der Waals surface area contributed by atoms with Gasteiger partial charge in [-0.3, -0.25) is 14.4 Å². The highest BCUT2D eigenvalue weighted by molar-refractivity contribution is 6.10. The summed E-state index contributed by atoms with van der Waals surface area (Å²) in [5.74, 6) is -1.85. The van der Waals surface area contributed by atoms with E-state index in [4.69, 9.17) is 0 Å². The number of rotatable bonds is 16. The summed E-state index contributed by atoms with van der Waals surface area (Å²) >= 11 is 0. The Morgan fingerprint density at radius 3 is 2.07 bits per heavy atom. The summed E-state index contributed by atoms with van der Waals surface area (Å²) in [6, 6.07) is 29.2. The summed E-state index contributed by atoms with van der Waals surface area (Å²) in [5, 5.41) is 12.5. The third-order valence-corrected chi connectivity index (χ3v) is 8.11. The normalized spacial score (nSPS) is 11.4. The summed E-state index contributed by atoms with van der Waals surface area (Å²) in [6.07, 6.45) is 7.42. The first-order valence-corrected chi connectivity index (χ1v) is 16.0. The van der Waals surface area contributed by atoms with Crippen molar-refractivity contribution in [1.29, 1.82) is 0 Å². The Kier molecular flexibility index (Phi) is 12.4. The first-order valence-electron chi connectivity index (χ1n) is 16.0. The van der Waals surface area contributed by atoms with Gasteiger partial charge in [-0.05, 0) is 47.4 Å². The van der Waals surface area contributed by atoms with Gasteiger partial charge >= 0.3 is 5.97 Å². The number of nitrogens with one attached hydrogen (secondary N) is 1. The molecule has 0 radical (unpaired) electrons. The first kappa shape index (κ1) is 33.8. The van der Waals surface area contributed by atoms with E-state index in [0.717, 1.165) is 35.2 Å². The van der Waals surface area contributed by atoms with Gasteiger partial charge in [0, 0.05) is 42.3 Å².